The van der Waals surface area contributed by atoms with Gasteiger partial charge < -0.3 is 25.4 Å². The molecule has 2 amide bonds. The van der Waals surface area contributed by atoms with Crippen molar-refractivity contribution in [2.75, 3.05) is 29.3 Å². The zero-order chi connectivity index (χ0) is 29.4. The molecular weight excluding hydrogens is 542 g/mol. The third kappa shape index (κ3) is 8.57. The molecule has 0 aliphatic carbocycles. The van der Waals surface area contributed by atoms with Crippen LogP contribution in [0.4, 0.5) is 33.6 Å². The van der Waals surface area contributed by atoms with Crippen molar-refractivity contribution in [1.29, 1.82) is 0 Å². The first kappa shape index (κ1) is 29.2. The van der Waals surface area contributed by atoms with Crippen LogP contribution in [0.3, 0.4) is 0 Å². The maximum absolute atomic E-state index is 12.2. The van der Waals surface area contributed by atoms with Crippen LogP contribution < -0.4 is 26.0 Å². The number of hydrogen-bond donors (Lipinski definition) is 4. The first-order valence-electron chi connectivity index (χ1n) is 12.6. The highest BCUT2D eigenvalue weighted by Gasteiger charge is 2.16. The summed E-state index contributed by atoms with van der Waals surface area (Å²) in [5, 5.41) is 11.8. The Labute approximate surface area is 242 Å². The molecule has 4 rings (SSSR count). The van der Waals surface area contributed by atoms with Gasteiger partial charge in [0.1, 0.15) is 28.6 Å². The monoisotopic (exact) mass is 573 g/mol. The number of rotatable bonds is 9. The molecule has 2 aromatic carbocycles. The van der Waals surface area contributed by atoms with E-state index in [-0.39, 0.29) is 11.6 Å². The second kappa shape index (κ2) is 13.0. The lowest BCUT2D eigenvalue weighted by Gasteiger charge is -2.20. The molecule has 2 heterocycles. The number of anilines is 5. The Morgan fingerprint density at radius 1 is 0.878 bits per heavy atom. The summed E-state index contributed by atoms with van der Waals surface area (Å²) in [6, 6.07) is 17.8. The summed E-state index contributed by atoms with van der Waals surface area (Å²) < 4.78 is 11.2. The number of nitrogens with one attached hydrogen (secondary N) is 4. The van der Waals surface area contributed by atoms with Crippen LogP contribution in [0.5, 0.6) is 11.5 Å². The van der Waals surface area contributed by atoms with Gasteiger partial charge in [-0.05, 0) is 75.6 Å². The highest BCUT2D eigenvalue weighted by molar-refractivity contribution is 7.98. The molecule has 4 aromatic rings. The molecule has 4 N–H and O–H groups in total. The molecule has 0 bridgehead atoms. The van der Waals surface area contributed by atoms with Crippen molar-refractivity contribution >= 4 is 52.6 Å². The fourth-order valence-electron chi connectivity index (χ4n) is 3.50. The third-order valence-corrected chi connectivity index (χ3v) is 6.02. The number of hydrogen-bond acceptors (Lipinski definition) is 10. The van der Waals surface area contributed by atoms with Gasteiger partial charge in [-0.1, -0.05) is 6.07 Å². The summed E-state index contributed by atoms with van der Waals surface area (Å²) in [5.74, 6) is 1.80. The molecule has 0 saturated carbocycles. The number of aromatic nitrogens is 3. The normalized spacial score (nSPS) is 10.9. The fourth-order valence-corrected chi connectivity index (χ4v) is 3.95. The van der Waals surface area contributed by atoms with Crippen LogP contribution in [-0.4, -0.2) is 45.9 Å². The topological polar surface area (TPSA) is 139 Å². The van der Waals surface area contributed by atoms with Gasteiger partial charge in [0.2, 0.25) is 5.95 Å². The van der Waals surface area contributed by atoms with E-state index in [4.69, 9.17) is 9.47 Å². The second-order valence-electron chi connectivity index (χ2n) is 9.65. The van der Waals surface area contributed by atoms with E-state index < -0.39 is 11.7 Å². The molecule has 0 aliphatic heterocycles. The molecule has 11 nitrogen and oxygen atoms in total. The van der Waals surface area contributed by atoms with Gasteiger partial charge in [-0.25, -0.2) is 9.78 Å². The van der Waals surface area contributed by atoms with Gasteiger partial charge in [-0.15, -0.1) is 11.8 Å². The molecule has 0 aliphatic rings. The summed E-state index contributed by atoms with van der Waals surface area (Å²) in [4.78, 5) is 38.0. The number of amides is 2. The van der Waals surface area contributed by atoms with Crippen LogP contribution in [0.15, 0.2) is 78.0 Å². The Morgan fingerprint density at radius 2 is 1.63 bits per heavy atom. The Kier molecular flexibility index (Phi) is 9.25. The van der Waals surface area contributed by atoms with Crippen LogP contribution in [-0.2, 0) is 4.74 Å². The molecule has 2 aromatic heterocycles. The number of carbonyl (C=O) groups excluding carboxylic acids is 2. The van der Waals surface area contributed by atoms with Crippen LogP contribution in [0.2, 0.25) is 0 Å². The molecule has 41 heavy (non-hydrogen) atoms. The van der Waals surface area contributed by atoms with Crippen LogP contribution in [0, 0.1) is 0 Å². The Balaban J connectivity index is 1.43. The van der Waals surface area contributed by atoms with Crippen molar-refractivity contribution in [3.63, 3.8) is 0 Å². The highest BCUT2D eigenvalue weighted by Crippen LogP contribution is 2.29. The van der Waals surface area contributed by atoms with E-state index in [0.717, 1.165) is 16.3 Å². The van der Waals surface area contributed by atoms with Crippen molar-refractivity contribution in [2.45, 2.75) is 31.3 Å². The van der Waals surface area contributed by atoms with Crippen LogP contribution in [0.1, 0.15) is 31.3 Å². The first-order chi connectivity index (χ1) is 19.6. The maximum atomic E-state index is 12.2. The molecule has 0 radical (unpaired) electrons. The second-order valence-corrected chi connectivity index (χ2v) is 10.5. The predicted octanol–water partition coefficient (Wildman–Crippen LogP) is 6.58. The number of benzene rings is 2. The first-order valence-corrected chi connectivity index (χ1v) is 13.9. The molecule has 0 atom stereocenters. The minimum atomic E-state index is -0.595. The summed E-state index contributed by atoms with van der Waals surface area (Å²) in [6.07, 6.45) is 4.66. The van der Waals surface area contributed by atoms with Crippen molar-refractivity contribution in [2.24, 2.45) is 0 Å². The van der Waals surface area contributed by atoms with Gasteiger partial charge in [-0.2, -0.15) is 4.98 Å². The smallest absolute Gasteiger partial charge is 0.412 e. The summed E-state index contributed by atoms with van der Waals surface area (Å²) in [5.41, 5.74) is 1.74. The summed E-state index contributed by atoms with van der Waals surface area (Å²) in [6.45, 7) is 5.43. The van der Waals surface area contributed by atoms with E-state index in [1.807, 2.05) is 51.3 Å². The average Bonchev–Trinajstić information content (AvgIpc) is 2.93. The molecule has 0 unspecified atom stereocenters. The Hall–Kier alpha value is -4.84. The van der Waals surface area contributed by atoms with Gasteiger partial charge in [0, 0.05) is 42.6 Å². The SMILES string of the molecule is CNC(=O)c1cc(Oc2ccc(Nc3ncc(SC)c(Nc4cccc(NC(=O)OC(C)(C)C)c4)n3)cc2)ccn1. The van der Waals surface area contributed by atoms with E-state index >= 15 is 0 Å². The number of carbonyl (C=O) groups is 2. The van der Waals surface area contributed by atoms with Crippen molar-refractivity contribution in [3.8, 4) is 11.5 Å². The molecule has 0 saturated heterocycles. The number of pyridine rings is 1. The lowest BCUT2D eigenvalue weighted by atomic mass is 10.2. The zero-order valence-corrected chi connectivity index (χ0v) is 24.1. The van der Waals surface area contributed by atoms with Crippen LogP contribution in [0.25, 0.3) is 0 Å². The minimum absolute atomic E-state index is 0.268. The fraction of sp³-hybridized carbons (Fsp3) is 0.207. The van der Waals surface area contributed by atoms with Gasteiger partial charge in [0.05, 0.1) is 4.90 Å². The molecular formula is C29H31N7O4S. The van der Waals surface area contributed by atoms with E-state index in [9.17, 15) is 9.59 Å². The van der Waals surface area contributed by atoms with E-state index in [2.05, 4.69) is 36.2 Å². The molecule has 0 spiro atoms. The van der Waals surface area contributed by atoms with Gasteiger partial charge in [-0.3, -0.25) is 15.1 Å². The Bertz CT molecular complexity index is 1520. The van der Waals surface area contributed by atoms with Crippen molar-refractivity contribution in [3.05, 3.63) is 78.8 Å². The highest BCUT2D eigenvalue weighted by atomic mass is 32.2. The Morgan fingerprint density at radius 3 is 2.34 bits per heavy atom. The largest absolute Gasteiger partial charge is 0.457 e. The molecule has 212 valence electrons. The number of thioether (sulfide) groups is 1. The van der Waals surface area contributed by atoms with Crippen LogP contribution >= 0.6 is 11.8 Å². The average molecular weight is 574 g/mol. The molecule has 0 fully saturated rings. The lowest BCUT2D eigenvalue weighted by molar-refractivity contribution is 0.0635. The zero-order valence-electron chi connectivity index (χ0n) is 23.3. The van der Waals surface area contributed by atoms with Gasteiger partial charge >= 0.3 is 6.09 Å². The summed E-state index contributed by atoms with van der Waals surface area (Å²) in [7, 11) is 1.55. The van der Waals surface area contributed by atoms with Gasteiger partial charge in [0.15, 0.2) is 0 Å². The predicted molar refractivity (Wildman–Crippen MR) is 161 cm³/mol. The summed E-state index contributed by atoms with van der Waals surface area (Å²) >= 11 is 1.51. The molecule has 12 heteroatoms. The minimum Gasteiger partial charge on any atom is -0.457 e. The van der Waals surface area contributed by atoms with E-state index in [1.165, 1.54) is 18.0 Å². The van der Waals surface area contributed by atoms with Gasteiger partial charge in [0.25, 0.3) is 5.91 Å². The van der Waals surface area contributed by atoms with E-state index in [1.54, 1.807) is 49.6 Å². The quantitative estimate of drug-likeness (QED) is 0.162. The standard InChI is InChI=1S/C29H31N7O4S/c1-29(2,3)40-28(38)35-20-8-6-7-19(15-20)33-25-24(41-5)17-32-27(36-25)34-18-9-11-21(12-10-18)39-22-13-14-31-23(16-22)26(37)30-4/h6-17H,1-5H3,(H,30,37)(H,35,38)(H2,32,33,34,36). The number of nitrogens with zero attached hydrogens (tertiary/aromatic N) is 3. The number of ether oxygens (including phenoxy) is 2. The van der Waals surface area contributed by atoms with E-state index in [0.29, 0.717) is 29.0 Å². The lowest BCUT2D eigenvalue weighted by Crippen LogP contribution is -2.27. The van der Waals surface area contributed by atoms with Crippen molar-refractivity contribution in [1.82, 2.24) is 20.3 Å². The van der Waals surface area contributed by atoms with Crippen molar-refractivity contribution < 1.29 is 19.1 Å². The third-order valence-electron chi connectivity index (χ3n) is 5.28. The maximum Gasteiger partial charge on any atom is 0.412 e.